The molecule has 5 heteroatoms. The van der Waals surface area contributed by atoms with Crippen LogP contribution in [0.2, 0.25) is 0 Å². The van der Waals surface area contributed by atoms with Crippen molar-refractivity contribution in [3.63, 3.8) is 0 Å². The van der Waals surface area contributed by atoms with Crippen LogP contribution in [0.1, 0.15) is 105 Å². The van der Waals surface area contributed by atoms with Gasteiger partial charge in [0.25, 0.3) is 0 Å². The molecular formula is C74H70BN3S. The number of fused-ring (bicyclic) bond motifs is 10. The molecule has 0 spiro atoms. The number of thiophene rings is 1. The van der Waals surface area contributed by atoms with E-state index in [1.54, 1.807) is 0 Å². The Kier molecular flexibility index (Phi) is 11.8. The zero-order chi connectivity index (χ0) is 54.9. The van der Waals surface area contributed by atoms with Crippen LogP contribution in [0.3, 0.4) is 0 Å². The SMILES string of the molecule is CC(C)(C)c1ccc(N2B3c4ccc(N(c5ccc(C(C)(C)C)cc5)c5ccc(C(C)(C)C)cc5)cc4N(c4ccc(C(C)(C)C)cc4-c4ccccc4)c4cc5ccccc5c(c43)-c3ccc4sc5ccccc5c4c32)cc1. The highest BCUT2D eigenvalue weighted by Gasteiger charge is 2.47. The van der Waals surface area contributed by atoms with E-state index >= 15 is 0 Å². The van der Waals surface area contributed by atoms with Gasteiger partial charge < -0.3 is 14.6 Å². The summed E-state index contributed by atoms with van der Waals surface area (Å²) in [6.07, 6.45) is 0. The van der Waals surface area contributed by atoms with E-state index < -0.39 is 0 Å². The third-order valence-electron chi connectivity index (χ3n) is 16.9. The molecule has 3 heterocycles. The van der Waals surface area contributed by atoms with E-state index in [2.05, 4.69) is 304 Å². The first kappa shape index (κ1) is 50.6. The summed E-state index contributed by atoms with van der Waals surface area (Å²) in [4.78, 5) is 7.85. The molecule has 10 aromatic carbocycles. The summed E-state index contributed by atoms with van der Waals surface area (Å²) < 4.78 is 2.60. The van der Waals surface area contributed by atoms with Crippen LogP contribution in [0.25, 0.3) is 53.2 Å². The summed E-state index contributed by atoms with van der Waals surface area (Å²) in [5, 5.41) is 5.09. The van der Waals surface area contributed by atoms with Crippen molar-refractivity contribution in [2.75, 3.05) is 14.6 Å². The second kappa shape index (κ2) is 18.4. The van der Waals surface area contributed by atoms with Crippen LogP contribution in [-0.2, 0) is 21.7 Å². The molecule has 0 unspecified atom stereocenters. The first-order valence-corrected chi connectivity index (χ1v) is 29.1. The van der Waals surface area contributed by atoms with Crippen LogP contribution < -0.4 is 25.5 Å². The molecule has 79 heavy (non-hydrogen) atoms. The van der Waals surface area contributed by atoms with Crippen LogP contribution in [0, 0.1) is 0 Å². The molecule has 3 nitrogen and oxygen atoms in total. The maximum absolute atomic E-state index is 2.73. The number of hydrogen-bond acceptors (Lipinski definition) is 4. The van der Waals surface area contributed by atoms with E-state index in [0.29, 0.717) is 0 Å². The van der Waals surface area contributed by atoms with Crippen LogP contribution in [0.5, 0.6) is 0 Å². The minimum atomic E-state index is -0.202. The second-order valence-electron chi connectivity index (χ2n) is 26.3. The van der Waals surface area contributed by atoms with E-state index in [1.807, 2.05) is 11.3 Å². The average molecular weight is 1040 g/mol. The maximum atomic E-state index is 2.73. The fourth-order valence-corrected chi connectivity index (χ4v) is 13.6. The number of benzene rings is 10. The van der Waals surface area contributed by atoms with Crippen LogP contribution in [0.4, 0.5) is 45.5 Å². The molecule has 0 atom stereocenters. The monoisotopic (exact) mass is 1040 g/mol. The highest BCUT2D eigenvalue weighted by atomic mass is 32.1. The Bertz CT molecular complexity index is 4110. The Morgan fingerprint density at radius 3 is 1.57 bits per heavy atom. The molecule has 390 valence electrons. The molecule has 0 saturated carbocycles. The zero-order valence-corrected chi connectivity index (χ0v) is 48.8. The van der Waals surface area contributed by atoms with Crippen LogP contribution in [-0.4, -0.2) is 6.85 Å². The molecule has 0 N–H and O–H groups in total. The van der Waals surface area contributed by atoms with E-state index in [1.165, 1.54) is 103 Å². The van der Waals surface area contributed by atoms with E-state index in [-0.39, 0.29) is 28.5 Å². The summed E-state index contributed by atoms with van der Waals surface area (Å²) in [6.45, 7) is 27.5. The summed E-state index contributed by atoms with van der Waals surface area (Å²) in [5.74, 6) is 0. The smallest absolute Gasteiger partial charge is 0.333 e. The molecule has 0 amide bonds. The third kappa shape index (κ3) is 8.55. The van der Waals surface area contributed by atoms with Gasteiger partial charge in [0.05, 0.1) is 5.69 Å². The van der Waals surface area contributed by atoms with Gasteiger partial charge in [0, 0.05) is 71.1 Å². The quantitative estimate of drug-likeness (QED) is 0.154. The molecule has 0 radical (unpaired) electrons. The number of nitrogens with zero attached hydrogens (tertiary/aromatic N) is 3. The normalized spacial score (nSPS) is 13.5. The minimum absolute atomic E-state index is 0.00675. The lowest BCUT2D eigenvalue weighted by atomic mass is 9.43. The van der Waals surface area contributed by atoms with Crippen molar-refractivity contribution in [1.82, 2.24) is 0 Å². The Balaban J connectivity index is 1.17. The van der Waals surface area contributed by atoms with Gasteiger partial charge in [-0.1, -0.05) is 210 Å². The minimum Gasteiger partial charge on any atom is -0.376 e. The lowest BCUT2D eigenvalue weighted by molar-refractivity contribution is 0.590. The van der Waals surface area contributed by atoms with Gasteiger partial charge >= 0.3 is 6.85 Å². The van der Waals surface area contributed by atoms with Gasteiger partial charge in [0.1, 0.15) is 0 Å². The maximum Gasteiger partial charge on any atom is 0.333 e. The van der Waals surface area contributed by atoms with E-state index in [0.717, 1.165) is 28.4 Å². The molecule has 0 fully saturated rings. The van der Waals surface area contributed by atoms with Crippen molar-refractivity contribution < 1.29 is 0 Å². The van der Waals surface area contributed by atoms with Gasteiger partial charge in [-0.15, -0.1) is 11.3 Å². The Labute approximate surface area is 472 Å². The molecule has 0 bridgehead atoms. The van der Waals surface area contributed by atoms with Crippen molar-refractivity contribution in [3.8, 4) is 22.3 Å². The average Bonchev–Trinajstić information content (AvgIpc) is 4.05. The Morgan fingerprint density at radius 1 is 0.405 bits per heavy atom. The number of hydrogen-bond donors (Lipinski definition) is 0. The third-order valence-corrected chi connectivity index (χ3v) is 18.0. The fraction of sp³-hybridized carbons (Fsp3) is 0.216. The second-order valence-corrected chi connectivity index (χ2v) is 27.3. The van der Waals surface area contributed by atoms with Gasteiger partial charge in [-0.2, -0.15) is 0 Å². The van der Waals surface area contributed by atoms with Crippen molar-refractivity contribution in [2.45, 2.75) is 105 Å². The van der Waals surface area contributed by atoms with Gasteiger partial charge in [-0.3, -0.25) is 0 Å². The lowest BCUT2D eigenvalue weighted by Gasteiger charge is -2.47. The summed E-state index contributed by atoms with van der Waals surface area (Å²) in [7, 11) is 0. The van der Waals surface area contributed by atoms with Gasteiger partial charge in [-0.25, -0.2) is 0 Å². The molecular weight excluding hydrogens is 974 g/mol. The van der Waals surface area contributed by atoms with Gasteiger partial charge in [-0.05, 0) is 156 Å². The Morgan fingerprint density at radius 2 is 0.949 bits per heavy atom. The molecule has 2 aliphatic heterocycles. The van der Waals surface area contributed by atoms with Gasteiger partial charge in [0.15, 0.2) is 0 Å². The Hall–Kier alpha value is -7.86. The summed E-state index contributed by atoms with van der Waals surface area (Å²) >= 11 is 1.90. The first-order chi connectivity index (χ1) is 37.7. The van der Waals surface area contributed by atoms with Crippen molar-refractivity contribution in [2.24, 2.45) is 0 Å². The molecule has 1 aromatic heterocycles. The highest BCUT2D eigenvalue weighted by molar-refractivity contribution is 7.26. The molecule has 11 aromatic rings. The summed E-state index contributed by atoms with van der Waals surface area (Å²) in [5.41, 5.74) is 22.0. The molecule has 0 saturated heterocycles. The van der Waals surface area contributed by atoms with Crippen molar-refractivity contribution in [3.05, 3.63) is 229 Å². The van der Waals surface area contributed by atoms with E-state index in [4.69, 9.17) is 0 Å². The van der Waals surface area contributed by atoms with E-state index in [9.17, 15) is 0 Å². The topological polar surface area (TPSA) is 9.72 Å². The fourth-order valence-electron chi connectivity index (χ4n) is 12.5. The summed E-state index contributed by atoms with van der Waals surface area (Å²) in [6, 6.07) is 79.3. The van der Waals surface area contributed by atoms with Crippen LogP contribution in [0.15, 0.2) is 206 Å². The molecule has 0 aliphatic carbocycles. The number of anilines is 8. The first-order valence-electron chi connectivity index (χ1n) is 28.3. The van der Waals surface area contributed by atoms with Crippen molar-refractivity contribution >= 4 is 106 Å². The van der Waals surface area contributed by atoms with Gasteiger partial charge in [0.2, 0.25) is 0 Å². The highest BCUT2D eigenvalue weighted by Crippen LogP contribution is 2.55. The zero-order valence-electron chi connectivity index (χ0n) is 48.0. The van der Waals surface area contributed by atoms with Crippen LogP contribution >= 0.6 is 11.3 Å². The van der Waals surface area contributed by atoms with Crippen molar-refractivity contribution in [1.29, 1.82) is 0 Å². The predicted octanol–water partition coefficient (Wildman–Crippen LogP) is 20.2. The standard InChI is InChI=1S/C74H70BN3S/c1-71(2,3)49-26-33-53(34-27-49)76(54-35-28-50(29-36-54)72(4,5)6)56-39-41-61-63(46-56)77(62-42-32-52(74(10,11)12)45-60(62)47-20-14-13-15-21-47)64-44-48-22-16-17-23-57(48)67-59-40-43-66-68(58-24-18-19-25-65(58)79-66)70(59)78(75(61)69(64)67)55-37-30-51(31-38-55)73(7,8)9/h13-46H,1-12H3. The number of rotatable bonds is 6. The largest absolute Gasteiger partial charge is 0.376 e. The predicted molar refractivity (Wildman–Crippen MR) is 345 cm³/mol. The lowest BCUT2D eigenvalue weighted by Crippen LogP contribution is -2.61. The molecule has 13 rings (SSSR count). The molecule has 2 aliphatic rings.